The number of hydrogen-bond donors (Lipinski definition) is 0. The second kappa shape index (κ2) is 11.8. The molecule has 0 saturated carbocycles. The van der Waals surface area contributed by atoms with E-state index in [1.165, 1.54) is 0 Å². The molecule has 1 nitrogen and oxygen atoms in total. The first-order valence-electron chi connectivity index (χ1n) is 12.7. The van der Waals surface area contributed by atoms with E-state index < -0.39 is 69.3 Å². The molecule has 0 aliphatic rings. The zero-order chi connectivity index (χ0) is 31.8. The maximum Gasteiger partial charge on any atom is 0.432 e. The molecule has 0 heterocycles. The van der Waals surface area contributed by atoms with Gasteiger partial charge in [-0.05, 0) is 72.1 Å². The molecule has 44 heavy (non-hydrogen) atoms. The molecule has 0 aliphatic heterocycles. The third kappa shape index (κ3) is 6.13. The summed E-state index contributed by atoms with van der Waals surface area (Å²) in [6.45, 7) is 1.66. The zero-order valence-electron chi connectivity index (χ0n) is 22.4. The average Bonchev–Trinajstić information content (AvgIpc) is 2.95. The highest BCUT2D eigenvalue weighted by Crippen LogP contribution is 2.37. The molecule has 0 bridgehead atoms. The summed E-state index contributed by atoms with van der Waals surface area (Å²) in [6, 6.07) is 15.5. The van der Waals surface area contributed by atoms with Crippen LogP contribution in [-0.2, 0) is 6.11 Å². The summed E-state index contributed by atoms with van der Waals surface area (Å²) in [7, 11) is 0. The second-order valence-electron chi connectivity index (χ2n) is 9.59. The van der Waals surface area contributed by atoms with Gasteiger partial charge in [-0.3, -0.25) is 0 Å². The van der Waals surface area contributed by atoms with Crippen LogP contribution >= 0.6 is 0 Å². The highest BCUT2D eigenvalue weighted by Gasteiger charge is 2.41. The quantitative estimate of drug-likeness (QED) is 0.109. The van der Waals surface area contributed by atoms with Crippen molar-refractivity contribution >= 4 is 0 Å². The Morgan fingerprint density at radius 2 is 1.18 bits per heavy atom. The van der Waals surface area contributed by atoms with Gasteiger partial charge in [0, 0.05) is 28.3 Å². The van der Waals surface area contributed by atoms with Gasteiger partial charge >= 0.3 is 6.11 Å². The Morgan fingerprint density at radius 3 is 1.80 bits per heavy atom. The van der Waals surface area contributed by atoms with Crippen LogP contribution in [0.1, 0.15) is 22.3 Å². The van der Waals surface area contributed by atoms with Crippen molar-refractivity contribution in [2.24, 2.45) is 0 Å². The lowest BCUT2D eigenvalue weighted by Gasteiger charge is -2.20. The van der Waals surface area contributed by atoms with Crippen LogP contribution in [-0.4, -0.2) is 0 Å². The molecular weight excluding hydrogens is 595 g/mol. The topological polar surface area (TPSA) is 9.23 Å². The van der Waals surface area contributed by atoms with Crippen molar-refractivity contribution in [2.75, 3.05) is 0 Å². The lowest BCUT2D eigenvalue weighted by Crippen LogP contribution is -2.25. The van der Waals surface area contributed by atoms with Crippen molar-refractivity contribution in [2.45, 2.75) is 13.0 Å². The average molecular weight is 612 g/mol. The Hall–Kier alpha value is -5.17. The van der Waals surface area contributed by atoms with E-state index >= 15 is 0 Å². The fourth-order valence-electron chi connectivity index (χ4n) is 4.42. The molecule has 0 aromatic heterocycles. The second-order valence-corrected chi connectivity index (χ2v) is 9.59. The molecule has 5 rings (SSSR count). The van der Waals surface area contributed by atoms with E-state index in [-0.39, 0.29) is 11.1 Å². The van der Waals surface area contributed by atoms with Gasteiger partial charge in [-0.15, -0.1) is 0 Å². The molecule has 0 saturated heterocycles. The van der Waals surface area contributed by atoms with Crippen LogP contribution in [0.4, 0.5) is 39.5 Å². The lowest BCUT2D eigenvalue weighted by molar-refractivity contribution is -0.189. The first kappa shape index (κ1) is 30.3. The molecular formula is C34H17F9O. The summed E-state index contributed by atoms with van der Waals surface area (Å²) in [5.74, 6) is -6.18. The Bertz CT molecular complexity index is 1910. The number of alkyl halides is 2. The SMILES string of the molecule is Cc1cc(-c2ccccc2)c(F)cc1C#Cc1cc(F)c(C(F)(F)Oc2ccc(-c3cc(F)c(F)c(F)c3)c(F)c2)c(F)c1. The van der Waals surface area contributed by atoms with Gasteiger partial charge in [0.15, 0.2) is 17.5 Å². The predicted molar refractivity (Wildman–Crippen MR) is 145 cm³/mol. The molecule has 0 spiro atoms. The van der Waals surface area contributed by atoms with Crippen LogP contribution in [0.3, 0.4) is 0 Å². The van der Waals surface area contributed by atoms with E-state index in [0.29, 0.717) is 47.0 Å². The minimum Gasteiger partial charge on any atom is -0.429 e. The van der Waals surface area contributed by atoms with Crippen LogP contribution in [0.2, 0.25) is 0 Å². The Labute approximate surface area is 245 Å². The minimum atomic E-state index is -4.64. The molecule has 0 fully saturated rings. The van der Waals surface area contributed by atoms with Gasteiger partial charge in [0.05, 0.1) is 0 Å². The third-order valence-corrected chi connectivity index (χ3v) is 6.55. The highest BCUT2D eigenvalue weighted by atomic mass is 19.3. The Morgan fingerprint density at radius 1 is 0.568 bits per heavy atom. The number of benzene rings is 5. The smallest absolute Gasteiger partial charge is 0.429 e. The summed E-state index contributed by atoms with van der Waals surface area (Å²) >= 11 is 0. The first-order chi connectivity index (χ1) is 20.8. The van der Waals surface area contributed by atoms with Crippen molar-refractivity contribution in [1.82, 2.24) is 0 Å². The van der Waals surface area contributed by atoms with Crippen LogP contribution in [0.15, 0.2) is 84.9 Å². The molecule has 0 atom stereocenters. The van der Waals surface area contributed by atoms with Gasteiger partial charge in [-0.2, -0.15) is 8.78 Å². The zero-order valence-corrected chi connectivity index (χ0v) is 22.4. The molecule has 0 unspecified atom stereocenters. The third-order valence-electron chi connectivity index (χ3n) is 6.55. The summed E-state index contributed by atoms with van der Waals surface area (Å²) in [4.78, 5) is 0. The van der Waals surface area contributed by atoms with Crippen molar-refractivity contribution < 1.29 is 44.3 Å². The van der Waals surface area contributed by atoms with Gasteiger partial charge in [0.1, 0.15) is 34.6 Å². The molecule has 10 heteroatoms. The molecule has 0 amide bonds. The van der Waals surface area contributed by atoms with Crippen molar-refractivity contribution in [1.29, 1.82) is 0 Å². The van der Waals surface area contributed by atoms with E-state index in [0.717, 1.165) is 18.2 Å². The van der Waals surface area contributed by atoms with Crippen molar-refractivity contribution in [3.05, 3.63) is 148 Å². The van der Waals surface area contributed by atoms with E-state index in [1.807, 2.05) is 0 Å². The van der Waals surface area contributed by atoms with Crippen LogP contribution in [0.25, 0.3) is 22.3 Å². The largest absolute Gasteiger partial charge is 0.432 e. The fraction of sp³-hybridized carbons (Fsp3) is 0.0588. The summed E-state index contributed by atoms with van der Waals surface area (Å²) in [6.07, 6.45) is -4.64. The number of ether oxygens (including phenoxy) is 1. The maximum atomic E-state index is 14.9. The number of hydrogen-bond acceptors (Lipinski definition) is 1. The van der Waals surface area contributed by atoms with Gasteiger partial charge in [0.2, 0.25) is 0 Å². The van der Waals surface area contributed by atoms with E-state index in [2.05, 4.69) is 16.6 Å². The number of rotatable bonds is 5. The normalized spacial score (nSPS) is 11.2. The Balaban J connectivity index is 1.39. The van der Waals surface area contributed by atoms with Crippen LogP contribution in [0.5, 0.6) is 5.75 Å². The van der Waals surface area contributed by atoms with Gasteiger partial charge in [-0.25, -0.2) is 30.7 Å². The van der Waals surface area contributed by atoms with E-state index in [4.69, 9.17) is 0 Å². The standard InChI is InChI=1S/C34H17F9O/c1-18-11-25(20-5-3-2-4-6-20)26(35)14-21(18)8-7-19-12-28(37)32(29(38)13-19)34(42,43)44-23-9-10-24(27(36)17-23)22-15-30(39)33(41)31(40)16-22/h2-6,9-17H,1H3. The molecule has 222 valence electrons. The van der Waals surface area contributed by atoms with Crippen molar-refractivity contribution in [3.8, 4) is 39.8 Å². The molecule has 0 N–H and O–H groups in total. The van der Waals surface area contributed by atoms with E-state index in [1.54, 1.807) is 43.3 Å². The molecule has 5 aromatic rings. The van der Waals surface area contributed by atoms with Crippen molar-refractivity contribution in [3.63, 3.8) is 0 Å². The highest BCUT2D eigenvalue weighted by molar-refractivity contribution is 5.67. The number of halogens is 9. The molecule has 0 radical (unpaired) electrons. The summed E-state index contributed by atoms with van der Waals surface area (Å²) in [5, 5.41) is 0. The lowest BCUT2D eigenvalue weighted by atomic mass is 9.99. The first-order valence-corrected chi connectivity index (χ1v) is 12.7. The van der Waals surface area contributed by atoms with E-state index in [9.17, 15) is 39.5 Å². The minimum absolute atomic E-state index is 0.206. The predicted octanol–water partition coefficient (Wildman–Crippen LogP) is 9.83. The monoisotopic (exact) mass is 612 g/mol. The van der Waals surface area contributed by atoms with Crippen LogP contribution < -0.4 is 4.74 Å². The summed E-state index contributed by atoms with van der Waals surface area (Å²) < 4.78 is 133. The van der Waals surface area contributed by atoms with Gasteiger partial charge in [0.25, 0.3) is 0 Å². The number of aryl methyl sites for hydroxylation is 1. The van der Waals surface area contributed by atoms with Gasteiger partial charge in [-0.1, -0.05) is 42.2 Å². The maximum absolute atomic E-state index is 14.9. The van der Waals surface area contributed by atoms with Gasteiger partial charge < -0.3 is 4.74 Å². The molecule has 0 aliphatic carbocycles. The Kier molecular flexibility index (Phi) is 8.15. The fourth-order valence-corrected chi connectivity index (χ4v) is 4.42. The van der Waals surface area contributed by atoms with Crippen LogP contribution in [0, 0.1) is 59.5 Å². The summed E-state index contributed by atoms with van der Waals surface area (Å²) in [5.41, 5.74) is -1.32. The molecule has 5 aromatic carbocycles.